The van der Waals surface area contributed by atoms with Crippen molar-refractivity contribution in [3.8, 4) is 5.75 Å². The molecule has 0 unspecified atom stereocenters. The summed E-state index contributed by atoms with van der Waals surface area (Å²) in [6.45, 7) is 2.86. The number of aromatic nitrogens is 1. The van der Waals surface area contributed by atoms with Crippen LogP contribution in [0, 0.1) is 0 Å². The fourth-order valence-electron chi connectivity index (χ4n) is 1.92. The summed E-state index contributed by atoms with van der Waals surface area (Å²) in [5.74, 6) is 0.834. The minimum absolute atomic E-state index is 0.712. The Balaban J connectivity index is 2.32. The Morgan fingerprint density at radius 3 is 2.94 bits per heavy atom. The van der Waals surface area contributed by atoms with Gasteiger partial charge < -0.3 is 9.30 Å². The molecular formula is C14H17NO2. The number of aldehydes is 1. The molecule has 0 saturated heterocycles. The summed E-state index contributed by atoms with van der Waals surface area (Å²) in [7, 11) is 1.94. The highest BCUT2D eigenvalue weighted by Gasteiger charge is 2.06. The van der Waals surface area contributed by atoms with Crippen LogP contribution in [0.25, 0.3) is 10.9 Å². The maximum atomic E-state index is 11.0. The lowest BCUT2D eigenvalue weighted by Crippen LogP contribution is -1.96. The smallest absolute Gasteiger partial charge is 0.152 e. The van der Waals surface area contributed by atoms with Crippen LogP contribution in [0.3, 0.4) is 0 Å². The monoisotopic (exact) mass is 231 g/mol. The van der Waals surface area contributed by atoms with E-state index in [-0.39, 0.29) is 0 Å². The topological polar surface area (TPSA) is 31.2 Å². The van der Waals surface area contributed by atoms with Gasteiger partial charge in [-0.15, -0.1) is 0 Å². The van der Waals surface area contributed by atoms with Crippen LogP contribution in [0.1, 0.15) is 30.1 Å². The number of benzene rings is 1. The van der Waals surface area contributed by atoms with Crippen molar-refractivity contribution in [1.82, 2.24) is 4.57 Å². The number of nitrogens with zero attached hydrogens (tertiary/aromatic N) is 1. The molecule has 0 fully saturated rings. The van der Waals surface area contributed by atoms with E-state index in [9.17, 15) is 4.79 Å². The second kappa shape index (κ2) is 5.04. The van der Waals surface area contributed by atoms with Gasteiger partial charge in [-0.05, 0) is 24.6 Å². The van der Waals surface area contributed by atoms with Gasteiger partial charge in [-0.2, -0.15) is 0 Å². The number of ether oxygens (including phenoxy) is 1. The molecule has 17 heavy (non-hydrogen) atoms. The van der Waals surface area contributed by atoms with E-state index in [1.807, 2.05) is 36.0 Å². The van der Waals surface area contributed by atoms with Gasteiger partial charge in [0.25, 0.3) is 0 Å². The molecule has 0 atom stereocenters. The third-order valence-electron chi connectivity index (χ3n) is 2.89. The molecule has 1 heterocycles. The van der Waals surface area contributed by atoms with E-state index in [0.29, 0.717) is 5.56 Å². The molecule has 3 nitrogen and oxygen atoms in total. The lowest BCUT2D eigenvalue weighted by molar-refractivity contribution is 0.112. The predicted octanol–water partition coefficient (Wildman–Crippen LogP) is 3.17. The van der Waals surface area contributed by atoms with E-state index < -0.39 is 0 Å². The van der Waals surface area contributed by atoms with E-state index in [0.717, 1.165) is 42.4 Å². The zero-order valence-electron chi connectivity index (χ0n) is 10.3. The number of rotatable bonds is 5. The highest BCUT2D eigenvalue weighted by Crippen LogP contribution is 2.24. The number of carbonyl (C=O) groups excluding carboxylic acids is 1. The zero-order valence-corrected chi connectivity index (χ0v) is 10.3. The molecule has 0 spiro atoms. The number of hydrogen-bond acceptors (Lipinski definition) is 2. The van der Waals surface area contributed by atoms with Crippen molar-refractivity contribution >= 4 is 17.2 Å². The van der Waals surface area contributed by atoms with Crippen molar-refractivity contribution in [3.05, 3.63) is 30.0 Å². The van der Waals surface area contributed by atoms with Gasteiger partial charge in [-0.1, -0.05) is 13.3 Å². The van der Waals surface area contributed by atoms with E-state index in [4.69, 9.17) is 4.74 Å². The van der Waals surface area contributed by atoms with Gasteiger partial charge in [-0.3, -0.25) is 4.79 Å². The first-order valence-electron chi connectivity index (χ1n) is 5.93. The van der Waals surface area contributed by atoms with Crippen molar-refractivity contribution in [2.24, 2.45) is 7.05 Å². The Labute approximate surface area is 101 Å². The van der Waals surface area contributed by atoms with Crippen LogP contribution < -0.4 is 4.74 Å². The van der Waals surface area contributed by atoms with Gasteiger partial charge in [0.15, 0.2) is 6.29 Å². The summed E-state index contributed by atoms with van der Waals surface area (Å²) >= 11 is 0. The molecule has 1 aromatic heterocycles. The average molecular weight is 231 g/mol. The molecule has 3 heteroatoms. The number of carbonyl (C=O) groups is 1. The average Bonchev–Trinajstić information content (AvgIpc) is 2.66. The third-order valence-corrected chi connectivity index (χ3v) is 2.89. The molecular weight excluding hydrogens is 214 g/mol. The van der Waals surface area contributed by atoms with Crippen molar-refractivity contribution in [2.45, 2.75) is 19.8 Å². The third kappa shape index (κ3) is 2.33. The number of unbranched alkanes of at least 4 members (excludes halogenated alkanes) is 1. The first-order chi connectivity index (χ1) is 8.26. The SMILES string of the molecule is CCCCOc1ccc2c(c1)c(C=O)cn2C. The minimum atomic E-state index is 0.712. The lowest BCUT2D eigenvalue weighted by Gasteiger charge is -2.05. The second-order valence-corrected chi connectivity index (χ2v) is 4.19. The summed E-state index contributed by atoms with van der Waals surface area (Å²) in [6.07, 6.45) is 4.90. The fraction of sp³-hybridized carbons (Fsp3) is 0.357. The maximum absolute atomic E-state index is 11.0. The molecule has 0 aliphatic rings. The lowest BCUT2D eigenvalue weighted by atomic mass is 10.2. The Morgan fingerprint density at radius 1 is 1.41 bits per heavy atom. The van der Waals surface area contributed by atoms with Crippen LogP contribution in [0.2, 0.25) is 0 Å². The molecule has 0 radical (unpaired) electrons. The Hall–Kier alpha value is -1.77. The van der Waals surface area contributed by atoms with Gasteiger partial charge >= 0.3 is 0 Å². The van der Waals surface area contributed by atoms with Gasteiger partial charge in [-0.25, -0.2) is 0 Å². The van der Waals surface area contributed by atoms with Crippen LogP contribution in [-0.2, 0) is 7.05 Å². The molecule has 90 valence electrons. The van der Waals surface area contributed by atoms with Crippen LogP contribution in [0.4, 0.5) is 0 Å². The van der Waals surface area contributed by atoms with E-state index in [1.54, 1.807) is 0 Å². The summed E-state index contributed by atoms with van der Waals surface area (Å²) in [6, 6.07) is 5.88. The van der Waals surface area contributed by atoms with E-state index >= 15 is 0 Å². The summed E-state index contributed by atoms with van der Waals surface area (Å²) in [5, 5.41) is 0.955. The molecule has 0 aliphatic carbocycles. The Bertz CT molecular complexity index is 528. The molecule has 0 aliphatic heterocycles. The van der Waals surface area contributed by atoms with Crippen molar-refractivity contribution in [2.75, 3.05) is 6.61 Å². The molecule has 1 aromatic carbocycles. The molecule has 0 bridgehead atoms. The molecule has 0 N–H and O–H groups in total. The molecule has 2 rings (SSSR count). The van der Waals surface area contributed by atoms with E-state index in [2.05, 4.69) is 6.92 Å². The molecule has 2 aromatic rings. The second-order valence-electron chi connectivity index (χ2n) is 4.19. The predicted molar refractivity (Wildman–Crippen MR) is 68.7 cm³/mol. The van der Waals surface area contributed by atoms with Crippen molar-refractivity contribution < 1.29 is 9.53 Å². The Kier molecular flexibility index (Phi) is 3.47. The van der Waals surface area contributed by atoms with Gasteiger partial charge in [0.2, 0.25) is 0 Å². The highest BCUT2D eigenvalue weighted by molar-refractivity contribution is 5.98. The largest absolute Gasteiger partial charge is 0.494 e. The van der Waals surface area contributed by atoms with Crippen LogP contribution in [0.5, 0.6) is 5.75 Å². The normalized spacial score (nSPS) is 10.7. The van der Waals surface area contributed by atoms with Crippen LogP contribution >= 0.6 is 0 Å². The molecule has 0 amide bonds. The Morgan fingerprint density at radius 2 is 2.24 bits per heavy atom. The van der Waals surface area contributed by atoms with E-state index in [1.165, 1.54) is 0 Å². The summed E-state index contributed by atoms with van der Waals surface area (Å²) in [4.78, 5) is 11.0. The number of fused-ring (bicyclic) bond motifs is 1. The van der Waals surface area contributed by atoms with Crippen molar-refractivity contribution in [3.63, 3.8) is 0 Å². The standard InChI is InChI=1S/C14H17NO2/c1-3-4-7-17-12-5-6-14-13(8-12)11(10-16)9-15(14)2/h5-6,8-10H,3-4,7H2,1-2H3. The van der Waals surface area contributed by atoms with Crippen molar-refractivity contribution in [1.29, 1.82) is 0 Å². The van der Waals surface area contributed by atoms with Crippen LogP contribution in [0.15, 0.2) is 24.4 Å². The van der Waals surface area contributed by atoms with Gasteiger partial charge in [0, 0.05) is 29.7 Å². The maximum Gasteiger partial charge on any atom is 0.152 e. The minimum Gasteiger partial charge on any atom is -0.494 e. The highest BCUT2D eigenvalue weighted by atomic mass is 16.5. The first-order valence-corrected chi connectivity index (χ1v) is 5.93. The quantitative estimate of drug-likeness (QED) is 0.584. The first kappa shape index (κ1) is 11.7. The fourth-order valence-corrected chi connectivity index (χ4v) is 1.92. The number of aryl methyl sites for hydroxylation is 1. The number of hydrogen-bond donors (Lipinski definition) is 0. The van der Waals surface area contributed by atoms with Gasteiger partial charge in [0.1, 0.15) is 5.75 Å². The zero-order chi connectivity index (χ0) is 12.3. The summed E-state index contributed by atoms with van der Waals surface area (Å²) in [5.41, 5.74) is 1.76. The van der Waals surface area contributed by atoms with Gasteiger partial charge in [0.05, 0.1) is 6.61 Å². The van der Waals surface area contributed by atoms with Crippen LogP contribution in [-0.4, -0.2) is 17.5 Å². The molecule has 0 saturated carbocycles. The summed E-state index contributed by atoms with van der Waals surface area (Å²) < 4.78 is 7.59.